The van der Waals surface area contributed by atoms with Crippen LogP contribution >= 0.6 is 12.2 Å². The third-order valence-electron chi connectivity index (χ3n) is 2.55. The third-order valence-corrected chi connectivity index (χ3v) is 2.74. The average Bonchev–Trinajstić information content (AvgIpc) is 2.41. The fraction of sp³-hybridized carbons (Fsp3) is 0.0667. The van der Waals surface area contributed by atoms with E-state index in [9.17, 15) is 0 Å². The van der Waals surface area contributed by atoms with Crippen LogP contribution in [-0.4, -0.2) is 16.4 Å². The molecule has 0 fully saturated rings. The molecular formula is C15H15N3OS. The zero-order chi connectivity index (χ0) is 14.4. The van der Waals surface area contributed by atoms with Crippen LogP contribution in [-0.2, 0) is 0 Å². The Bertz CT molecular complexity index is 623. The summed E-state index contributed by atoms with van der Waals surface area (Å²) in [5, 5.41) is 16.7. The molecular weight excluding hydrogens is 270 g/mol. The van der Waals surface area contributed by atoms with Gasteiger partial charge in [0.05, 0.1) is 6.21 Å². The Hall–Kier alpha value is -2.40. The van der Waals surface area contributed by atoms with Crippen molar-refractivity contribution in [3.8, 4) is 5.75 Å². The number of nitrogens with one attached hydrogen (secondary N) is 2. The van der Waals surface area contributed by atoms with Crippen molar-refractivity contribution in [3.05, 3.63) is 59.7 Å². The minimum Gasteiger partial charge on any atom is -0.508 e. The molecule has 0 aliphatic carbocycles. The van der Waals surface area contributed by atoms with Crippen molar-refractivity contribution in [1.82, 2.24) is 5.43 Å². The van der Waals surface area contributed by atoms with Gasteiger partial charge in [0, 0.05) is 5.69 Å². The lowest BCUT2D eigenvalue weighted by Gasteiger charge is -2.07. The number of benzene rings is 2. The fourth-order valence-corrected chi connectivity index (χ4v) is 1.78. The molecule has 0 atom stereocenters. The van der Waals surface area contributed by atoms with E-state index in [-0.39, 0.29) is 5.75 Å². The lowest BCUT2D eigenvalue weighted by Crippen LogP contribution is -2.23. The van der Waals surface area contributed by atoms with Crippen LogP contribution in [0, 0.1) is 6.92 Å². The maximum absolute atomic E-state index is 9.17. The molecule has 0 amide bonds. The number of aromatic hydroxyl groups is 1. The van der Waals surface area contributed by atoms with Crippen molar-refractivity contribution in [2.75, 3.05) is 5.32 Å². The molecule has 0 aliphatic heterocycles. The van der Waals surface area contributed by atoms with Gasteiger partial charge in [0.1, 0.15) is 5.75 Å². The van der Waals surface area contributed by atoms with Crippen LogP contribution < -0.4 is 10.7 Å². The molecule has 3 N–H and O–H groups in total. The standard InChI is InChI=1S/C15H15N3OS/c1-11-3-2-4-13(9-11)17-15(20)18-16-10-12-5-7-14(19)8-6-12/h2-10,19H,1H3,(H2,17,18,20)/b16-10+. The predicted molar refractivity (Wildman–Crippen MR) is 86.2 cm³/mol. The fourth-order valence-electron chi connectivity index (χ4n) is 1.61. The molecule has 2 aromatic carbocycles. The van der Waals surface area contributed by atoms with Crippen molar-refractivity contribution < 1.29 is 5.11 Å². The summed E-state index contributed by atoms with van der Waals surface area (Å²) in [6, 6.07) is 14.6. The van der Waals surface area contributed by atoms with Gasteiger partial charge in [-0.25, -0.2) is 0 Å². The van der Waals surface area contributed by atoms with Gasteiger partial charge in [-0.1, -0.05) is 12.1 Å². The van der Waals surface area contributed by atoms with E-state index >= 15 is 0 Å². The summed E-state index contributed by atoms with van der Waals surface area (Å²) in [6.45, 7) is 2.02. The first kappa shape index (κ1) is 14.0. The number of aryl methyl sites for hydroxylation is 1. The number of rotatable bonds is 3. The second kappa shape index (κ2) is 6.68. The van der Waals surface area contributed by atoms with Gasteiger partial charge in [0.25, 0.3) is 0 Å². The van der Waals surface area contributed by atoms with Gasteiger partial charge in [-0.15, -0.1) is 0 Å². The minimum atomic E-state index is 0.228. The number of hydrogen-bond donors (Lipinski definition) is 3. The van der Waals surface area contributed by atoms with E-state index in [4.69, 9.17) is 17.3 Å². The first-order valence-corrected chi connectivity index (χ1v) is 6.50. The van der Waals surface area contributed by atoms with E-state index in [0.717, 1.165) is 16.8 Å². The van der Waals surface area contributed by atoms with Gasteiger partial charge in [0.15, 0.2) is 5.11 Å². The van der Waals surface area contributed by atoms with Crippen LogP contribution in [0.4, 0.5) is 5.69 Å². The predicted octanol–water partition coefficient (Wildman–Crippen LogP) is 3.02. The second-order valence-electron chi connectivity index (χ2n) is 4.29. The van der Waals surface area contributed by atoms with Gasteiger partial charge in [-0.3, -0.25) is 5.43 Å². The molecule has 0 aromatic heterocycles. The second-order valence-corrected chi connectivity index (χ2v) is 4.69. The molecule has 0 radical (unpaired) electrons. The van der Waals surface area contributed by atoms with Gasteiger partial charge in [-0.05, 0) is 66.7 Å². The normalized spacial score (nSPS) is 10.4. The largest absolute Gasteiger partial charge is 0.508 e. The van der Waals surface area contributed by atoms with Crippen molar-refractivity contribution in [1.29, 1.82) is 0 Å². The topological polar surface area (TPSA) is 56.7 Å². The Morgan fingerprint density at radius 1 is 1.20 bits per heavy atom. The van der Waals surface area contributed by atoms with Crippen molar-refractivity contribution in [2.45, 2.75) is 6.92 Å². The smallest absolute Gasteiger partial charge is 0.191 e. The van der Waals surface area contributed by atoms with Crippen LogP contribution in [0.25, 0.3) is 0 Å². The van der Waals surface area contributed by atoms with Crippen LogP contribution in [0.15, 0.2) is 53.6 Å². The molecule has 102 valence electrons. The molecule has 0 spiro atoms. The van der Waals surface area contributed by atoms with Crippen LogP contribution in [0.2, 0.25) is 0 Å². The van der Waals surface area contributed by atoms with E-state index in [1.54, 1.807) is 30.5 Å². The number of hydrazone groups is 1. The van der Waals surface area contributed by atoms with Gasteiger partial charge >= 0.3 is 0 Å². The minimum absolute atomic E-state index is 0.228. The summed E-state index contributed by atoms with van der Waals surface area (Å²) in [7, 11) is 0. The molecule has 0 heterocycles. The molecule has 0 unspecified atom stereocenters. The van der Waals surface area contributed by atoms with Crippen molar-refractivity contribution >= 4 is 29.2 Å². The van der Waals surface area contributed by atoms with Crippen molar-refractivity contribution in [3.63, 3.8) is 0 Å². The lowest BCUT2D eigenvalue weighted by atomic mass is 10.2. The Kier molecular flexibility index (Phi) is 4.68. The maximum atomic E-state index is 9.17. The highest BCUT2D eigenvalue weighted by atomic mass is 32.1. The zero-order valence-corrected chi connectivity index (χ0v) is 11.8. The Morgan fingerprint density at radius 3 is 2.65 bits per heavy atom. The van der Waals surface area contributed by atoms with Crippen LogP contribution in [0.5, 0.6) is 5.75 Å². The number of phenols is 1. The summed E-state index contributed by atoms with van der Waals surface area (Å²) in [5.41, 5.74) is 5.69. The molecule has 2 aromatic rings. The van der Waals surface area contributed by atoms with Gasteiger partial charge in [0.2, 0.25) is 0 Å². The number of hydrogen-bond acceptors (Lipinski definition) is 3. The van der Waals surface area contributed by atoms with Crippen LogP contribution in [0.3, 0.4) is 0 Å². The quantitative estimate of drug-likeness (QED) is 0.461. The first-order valence-electron chi connectivity index (χ1n) is 6.09. The summed E-state index contributed by atoms with van der Waals surface area (Å²) in [4.78, 5) is 0. The van der Waals surface area contributed by atoms with Gasteiger partial charge < -0.3 is 10.4 Å². The van der Waals surface area contributed by atoms with E-state index < -0.39 is 0 Å². The number of nitrogens with zero attached hydrogens (tertiary/aromatic N) is 1. The first-order chi connectivity index (χ1) is 9.63. The molecule has 4 nitrogen and oxygen atoms in total. The summed E-state index contributed by atoms with van der Waals surface area (Å²) >= 11 is 5.14. The third kappa shape index (κ3) is 4.37. The molecule has 2 rings (SSSR count). The zero-order valence-electron chi connectivity index (χ0n) is 11.0. The number of anilines is 1. The van der Waals surface area contributed by atoms with E-state index in [0.29, 0.717) is 5.11 Å². The number of thiocarbonyl (C=S) groups is 1. The average molecular weight is 285 g/mol. The maximum Gasteiger partial charge on any atom is 0.191 e. The Balaban J connectivity index is 1.87. The molecule has 0 saturated heterocycles. The molecule has 5 heteroatoms. The van der Waals surface area contributed by atoms with E-state index in [1.165, 1.54) is 0 Å². The SMILES string of the molecule is Cc1cccc(NC(=S)N/N=C/c2ccc(O)cc2)c1. The monoisotopic (exact) mass is 285 g/mol. The Labute approximate surface area is 123 Å². The summed E-state index contributed by atoms with van der Waals surface area (Å²) in [5.74, 6) is 0.228. The highest BCUT2D eigenvalue weighted by Gasteiger charge is 1.96. The summed E-state index contributed by atoms with van der Waals surface area (Å²) in [6.07, 6.45) is 1.63. The molecule has 0 aliphatic rings. The molecule has 0 bridgehead atoms. The van der Waals surface area contributed by atoms with Crippen LogP contribution in [0.1, 0.15) is 11.1 Å². The van der Waals surface area contributed by atoms with Crippen molar-refractivity contribution in [2.24, 2.45) is 5.10 Å². The van der Waals surface area contributed by atoms with E-state index in [1.807, 2.05) is 31.2 Å². The molecule has 20 heavy (non-hydrogen) atoms. The summed E-state index contributed by atoms with van der Waals surface area (Å²) < 4.78 is 0. The lowest BCUT2D eigenvalue weighted by molar-refractivity contribution is 0.475. The van der Waals surface area contributed by atoms with E-state index in [2.05, 4.69) is 15.8 Å². The highest BCUT2D eigenvalue weighted by molar-refractivity contribution is 7.80. The molecule has 0 saturated carbocycles. The Morgan fingerprint density at radius 2 is 1.95 bits per heavy atom. The van der Waals surface area contributed by atoms with Gasteiger partial charge in [-0.2, -0.15) is 5.10 Å². The number of phenolic OH excluding ortho intramolecular Hbond substituents is 1. The highest BCUT2D eigenvalue weighted by Crippen LogP contribution is 2.09.